The number of hydrogen-bond acceptors (Lipinski definition) is 2. The summed E-state index contributed by atoms with van der Waals surface area (Å²) in [5.41, 5.74) is 7.34. The van der Waals surface area contributed by atoms with E-state index < -0.39 is 17.6 Å². The summed E-state index contributed by atoms with van der Waals surface area (Å²) < 4.78 is 38.2. The zero-order chi connectivity index (χ0) is 14.8. The third kappa shape index (κ3) is 3.17. The number of alkyl halides is 3. The van der Waals surface area contributed by atoms with Crippen LogP contribution in [0.15, 0.2) is 35.5 Å². The predicted molar refractivity (Wildman–Crippen MR) is 70.0 cm³/mol. The number of rotatable bonds is 2. The van der Waals surface area contributed by atoms with Crippen molar-refractivity contribution in [1.82, 2.24) is 0 Å². The van der Waals surface area contributed by atoms with E-state index in [2.05, 4.69) is 10.0 Å². The molecular weight excluding hydrogens is 291 g/mol. The SMILES string of the molecule is [N-]=[N+]=NC(=O)/C=C/c1cc2ccc(C(F)(F)F)cc2s1. The number of azide groups is 1. The topological polar surface area (TPSA) is 65.8 Å². The van der Waals surface area contributed by atoms with E-state index in [0.717, 1.165) is 29.5 Å². The van der Waals surface area contributed by atoms with Gasteiger partial charge in [-0.1, -0.05) is 6.07 Å². The number of hydrogen-bond donors (Lipinski definition) is 0. The lowest BCUT2D eigenvalue weighted by molar-refractivity contribution is -0.137. The van der Waals surface area contributed by atoms with Crippen LogP contribution in [0.25, 0.3) is 26.6 Å². The maximum absolute atomic E-state index is 12.6. The fraction of sp³-hybridized carbons (Fsp3) is 0.0833. The highest BCUT2D eigenvalue weighted by Crippen LogP contribution is 2.34. The average molecular weight is 297 g/mol. The van der Waals surface area contributed by atoms with E-state index in [1.54, 1.807) is 6.07 Å². The Morgan fingerprint density at radius 3 is 2.75 bits per heavy atom. The molecule has 2 aromatic rings. The molecule has 1 amide bonds. The molecule has 102 valence electrons. The van der Waals surface area contributed by atoms with E-state index in [9.17, 15) is 18.0 Å². The van der Waals surface area contributed by atoms with Gasteiger partial charge in [-0.15, -0.1) is 11.3 Å². The minimum atomic E-state index is -4.38. The monoisotopic (exact) mass is 297 g/mol. The van der Waals surface area contributed by atoms with Crippen LogP contribution < -0.4 is 0 Å². The average Bonchev–Trinajstić information content (AvgIpc) is 2.77. The van der Waals surface area contributed by atoms with Crippen LogP contribution in [0, 0.1) is 0 Å². The lowest BCUT2D eigenvalue weighted by Gasteiger charge is -2.05. The first-order chi connectivity index (χ1) is 9.40. The van der Waals surface area contributed by atoms with Gasteiger partial charge in [-0.05, 0) is 46.4 Å². The molecule has 0 atom stereocenters. The second kappa shape index (κ2) is 5.36. The largest absolute Gasteiger partial charge is 0.416 e. The number of carbonyl (C=O) groups excluding carboxylic acids is 1. The second-order valence-corrected chi connectivity index (χ2v) is 4.88. The number of halogens is 3. The van der Waals surface area contributed by atoms with E-state index in [-0.39, 0.29) is 0 Å². The minimum absolute atomic E-state index is 0.468. The normalized spacial score (nSPS) is 11.8. The van der Waals surface area contributed by atoms with Gasteiger partial charge in [0.15, 0.2) is 0 Å². The van der Waals surface area contributed by atoms with Crippen LogP contribution in [-0.2, 0) is 11.0 Å². The first-order valence-electron chi connectivity index (χ1n) is 5.28. The van der Waals surface area contributed by atoms with E-state index in [1.165, 1.54) is 12.1 Å². The molecular formula is C12H6F3N3OS. The number of amides is 1. The Bertz CT molecular complexity index is 742. The summed E-state index contributed by atoms with van der Waals surface area (Å²) in [6.07, 6.45) is -1.92. The van der Waals surface area contributed by atoms with Gasteiger partial charge < -0.3 is 0 Å². The highest BCUT2D eigenvalue weighted by Gasteiger charge is 2.30. The fourth-order valence-corrected chi connectivity index (χ4v) is 2.55. The molecule has 0 fully saturated rings. The maximum atomic E-state index is 12.6. The quantitative estimate of drug-likeness (QED) is 0.341. The van der Waals surface area contributed by atoms with Crippen molar-refractivity contribution in [3.63, 3.8) is 0 Å². The molecule has 0 aliphatic rings. The van der Waals surface area contributed by atoms with Crippen LogP contribution in [0.4, 0.5) is 13.2 Å². The van der Waals surface area contributed by atoms with Crippen molar-refractivity contribution in [1.29, 1.82) is 0 Å². The van der Waals surface area contributed by atoms with Crippen molar-refractivity contribution in [3.8, 4) is 0 Å². The summed E-state index contributed by atoms with van der Waals surface area (Å²) in [6.45, 7) is 0. The van der Waals surface area contributed by atoms with Crippen molar-refractivity contribution in [2.75, 3.05) is 0 Å². The maximum Gasteiger partial charge on any atom is 0.416 e. The minimum Gasteiger partial charge on any atom is -0.288 e. The van der Waals surface area contributed by atoms with E-state index in [0.29, 0.717) is 15.0 Å². The molecule has 0 saturated heterocycles. The van der Waals surface area contributed by atoms with Crippen LogP contribution in [0.5, 0.6) is 0 Å². The Balaban J connectivity index is 2.34. The highest BCUT2D eigenvalue weighted by molar-refractivity contribution is 7.19. The van der Waals surface area contributed by atoms with Crippen LogP contribution >= 0.6 is 11.3 Å². The zero-order valence-corrected chi connectivity index (χ0v) is 10.6. The van der Waals surface area contributed by atoms with Gasteiger partial charge in [0, 0.05) is 14.5 Å². The molecule has 4 nitrogen and oxygen atoms in total. The molecule has 1 aromatic heterocycles. The number of thiophene rings is 1. The molecule has 0 aliphatic heterocycles. The van der Waals surface area contributed by atoms with E-state index >= 15 is 0 Å². The molecule has 0 spiro atoms. The number of nitrogens with zero attached hydrogens (tertiary/aromatic N) is 3. The molecule has 0 bridgehead atoms. The molecule has 2 rings (SSSR count). The van der Waals surface area contributed by atoms with Gasteiger partial charge >= 0.3 is 6.18 Å². The summed E-state index contributed by atoms with van der Waals surface area (Å²) >= 11 is 1.11. The summed E-state index contributed by atoms with van der Waals surface area (Å²) in [7, 11) is 0. The van der Waals surface area contributed by atoms with Crippen molar-refractivity contribution in [2.24, 2.45) is 5.11 Å². The van der Waals surface area contributed by atoms with Crippen molar-refractivity contribution >= 4 is 33.4 Å². The van der Waals surface area contributed by atoms with Crippen LogP contribution in [0.3, 0.4) is 0 Å². The molecule has 0 radical (unpaired) electrons. The van der Waals surface area contributed by atoms with Crippen LogP contribution in [-0.4, -0.2) is 5.91 Å². The molecule has 0 aliphatic carbocycles. The molecule has 1 heterocycles. The van der Waals surface area contributed by atoms with Gasteiger partial charge in [-0.2, -0.15) is 13.2 Å². The van der Waals surface area contributed by atoms with Gasteiger partial charge in [0.1, 0.15) is 0 Å². The van der Waals surface area contributed by atoms with Crippen molar-refractivity contribution in [3.05, 3.63) is 51.2 Å². The van der Waals surface area contributed by atoms with Crippen molar-refractivity contribution in [2.45, 2.75) is 6.18 Å². The molecule has 0 saturated carbocycles. The van der Waals surface area contributed by atoms with E-state index in [1.807, 2.05) is 0 Å². The molecule has 1 aromatic carbocycles. The Labute approximate surface area is 114 Å². The van der Waals surface area contributed by atoms with Gasteiger partial charge in [-0.25, -0.2) is 0 Å². The zero-order valence-electron chi connectivity index (χ0n) is 9.76. The Kier molecular flexibility index (Phi) is 3.78. The fourth-order valence-electron chi connectivity index (χ4n) is 1.54. The number of benzene rings is 1. The van der Waals surface area contributed by atoms with Crippen LogP contribution in [0.1, 0.15) is 10.4 Å². The van der Waals surface area contributed by atoms with Gasteiger partial charge in [0.05, 0.1) is 5.56 Å². The molecule has 0 N–H and O–H groups in total. The summed E-state index contributed by atoms with van der Waals surface area (Å²) in [5, 5.41) is 3.50. The Morgan fingerprint density at radius 2 is 2.10 bits per heavy atom. The Hall–Kier alpha value is -2.31. The smallest absolute Gasteiger partial charge is 0.288 e. The third-order valence-electron chi connectivity index (χ3n) is 2.40. The molecule has 0 unspecified atom stereocenters. The van der Waals surface area contributed by atoms with Crippen LogP contribution in [0.2, 0.25) is 0 Å². The summed E-state index contributed by atoms with van der Waals surface area (Å²) in [4.78, 5) is 13.9. The van der Waals surface area contributed by atoms with Gasteiger partial charge in [-0.3, -0.25) is 4.79 Å². The molecule has 8 heteroatoms. The number of carbonyl (C=O) groups is 1. The first-order valence-corrected chi connectivity index (χ1v) is 6.10. The third-order valence-corrected chi connectivity index (χ3v) is 3.46. The first kappa shape index (κ1) is 14.1. The van der Waals surface area contributed by atoms with Crippen molar-refractivity contribution < 1.29 is 18.0 Å². The standard InChI is InChI=1S/C12H6F3N3OS/c13-12(14,15)8-2-1-7-5-9(20-10(7)6-8)3-4-11(19)17-18-16/h1-6H/b4-3+. The van der Waals surface area contributed by atoms with E-state index in [4.69, 9.17) is 5.53 Å². The Morgan fingerprint density at radius 1 is 1.35 bits per heavy atom. The van der Waals surface area contributed by atoms with Gasteiger partial charge in [0.2, 0.25) is 5.91 Å². The lowest BCUT2D eigenvalue weighted by atomic mass is 10.1. The lowest BCUT2D eigenvalue weighted by Crippen LogP contribution is -2.03. The summed E-state index contributed by atoms with van der Waals surface area (Å²) in [6, 6.07) is 5.10. The van der Waals surface area contributed by atoms with Gasteiger partial charge in [0.25, 0.3) is 0 Å². The second-order valence-electron chi connectivity index (χ2n) is 3.76. The molecule has 20 heavy (non-hydrogen) atoms. The summed E-state index contributed by atoms with van der Waals surface area (Å²) in [5.74, 6) is -0.763. The number of fused-ring (bicyclic) bond motifs is 1. The highest BCUT2D eigenvalue weighted by atomic mass is 32.1. The predicted octanol–water partition coefficient (Wildman–Crippen LogP) is 4.77.